The highest BCUT2D eigenvalue weighted by Crippen LogP contribution is 2.15. The lowest BCUT2D eigenvalue weighted by molar-refractivity contribution is -0.133. The summed E-state index contributed by atoms with van der Waals surface area (Å²) in [4.78, 5) is 28.4. The number of amides is 2. The molecule has 2 rings (SSSR count). The summed E-state index contributed by atoms with van der Waals surface area (Å²) >= 11 is 0. The molecular weight excluding hydrogens is 316 g/mol. The quantitative estimate of drug-likeness (QED) is 0.697. The maximum Gasteiger partial charge on any atom is 0.238 e. The second-order valence-electron chi connectivity index (χ2n) is 6.42. The zero-order valence-corrected chi connectivity index (χ0v) is 15.4. The number of hydrogen-bond donors (Lipinski definition) is 2. The zero-order valence-electron chi connectivity index (χ0n) is 15.4. The molecule has 0 spiro atoms. The van der Waals surface area contributed by atoms with Crippen LogP contribution in [-0.2, 0) is 16.0 Å². The van der Waals surface area contributed by atoms with E-state index in [4.69, 9.17) is 0 Å². The molecule has 0 bridgehead atoms. The lowest BCUT2D eigenvalue weighted by atomic mass is 10.1. The van der Waals surface area contributed by atoms with Crippen molar-refractivity contribution in [3.8, 4) is 0 Å². The number of carbonyl (C=O) groups excluding carboxylic acids is 2. The minimum absolute atomic E-state index is 0.00898. The maximum absolute atomic E-state index is 12.3. The minimum atomic E-state index is 0.00898. The van der Waals surface area contributed by atoms with Crippen LogP contribution in [0, 0.1) is 0 Å². The van der Waals surface area contributed by atoms with Crippen molar-refractivity contribution in [3.63, 3.8) is 0 Å². The highest BCUT2D eigenvalue weighted by molar-refractivity contribution is 5.93. The largest absolute Gasteiger partial charge is 0.340 e. The van der Waals surface area contributed by atoms with Crippen molar-refractivity contribution in [2.75, 3.05) is 51.6 Å². The Kier molecular flexibility index (Phi) is 7.88. The molecule has 25 heavy (non-hydrogen) atoms. The van der Waals surface area contributed by atoms with Crippen LogP contribution >= 0.6 is 0 Å². The molecule has 1 fully saturated rings. The Hall–Kier alpha value is -1.92. The fourth-order valence-electron chi connectivity index (χ4n) is 3.07. The molecule has 1 heterocycles. The van der Waals surface area contributed by atoms with Crippen molar-refractivity contribution in [1.82, 2.24) is 15.1 Å². The molecule has 138 valence electrons. The van der Waals surface area contributed by atoms with Gasteiger partial charge >= 0.3 is 0 Å². The van der Waals surface area contributed by atoms with Gasteiger partial charge in [0.05, 0.1) is 6.54 Å². The van der Waals surface area contributed by atoms with E-state index >= 15 is 0 Å². The van der Waals surface area contributed by atoms with Gasteiger partial charge in [-0.1, -0.05) is 25.1 Å². The molecule has 0 atom stereocenters. The third-order valence-corrected chi connectivity index (χ3v) is 4.58. The number of hydrogen-bond acceptors (Lipinski definition) is 4. The molecule has 6 nitrogen and oxygen atoms in total. The fraction of sp³-hybridized carbons (Fsp3) is 0.579. The summed E-state index contributed by atoms with van der Waals surface area (Å²) < 4.78 is 0. The van der Waals surface area contributed by atoms with Gasteiger partial charge in [-0.15, -0.1) is 0 Å². The summed E-state index contributed by atoms with van der Waals surface area (Å²) in [7, 11) is 1.90. The average Bonchev–Trinajstić information content (AvgIpc) is 2.63. The second-order valence-corrected chi connectivity index (χ2v) is 6.42. The molecule has 1 aliphatic heterocycles. The third kappa shape index (κ3) is 6.14. The fourth-order valence-corrected chi connectivity index (χ4v) is 3.07. The van der Waals surface area contributed by atoms with Gasteiger partial charge in [0.25, 0.3) is 0 Å². The first-order chi connectivity index (χ1) is 12.1. The molecule has 1 aliphatic rings. The van der Waals surface area contributed by atoms with E-state index < -0.39 is 0 Å². The lowest BCUT2D eigenvalue weighted by Gasteiger charge is -2.34. The van der Waals surface area contributed by atoms with Crippen LogP contribution in [0.5, 0.6) is 0 Å². The standard InChI is InChI=1S/C19H30N4O2/c1-3-16-7-4-5-8-17(16)21-18(24)15-22-11-13-23(14-12-22)19(25)9-6-10-20-2/h4-5,7-8,20H,3,6,9-15H2,1-2H3,(H,21,24). The maximum atomic E-state index is 12.3. The van der Waals surface area contributed by atoms with Crippen molar-refractivity contribution in [2.45, 2.75) is 26.2 Å². The summed E-state index contributed by atoms with van der Waals surface area (Å²) in [6, 6.07) is 7.90. The van der Waals surface area contributed by atoms with E-state index in [-0.39, 0.29) is 11.8 Å². The van der Waals surface area contributed by atoms with Crippen LogP contribution in [-0.4, -0.2) is 67.9 Å². The van der Waals surface area contributed by atoms with Gasteiger partial charge in [0, 0.05) is 38.3 Å². The summed E-state index contributed by atoms with van der Waals surface area (Å²) in [5.74, 6) is 0.228. The third-order valence-electron chi connectivity index (χ3n) is 4.58. The van der Waals surface area contributed by atoms with Gasteiger partial charge in [-0.2, -0.15) is 0 Å². The number of aryl methyl sites for hydroxylation is 1. The Morgan fingerprint density at radius 3 is 2.52 bits per heavy atom. The number of carbonyl (C=O) groups is 2. The molecule has 0 saturated carbocycles. The van der Waals surface area contributed by atoms with Crippen molar-refractivity contribution in [1.29, 1.82) is 0 Å². The number of benzene rings is 1. The molecule has 2 amide bonds. The summed E-state index contributed by atoms with van der Waals surface area (Å²) in [5.41, 5.74) is 2.04. The van der Waals surface area contributed by atoms with Crippen LogP contribution in [0.2, 0.25) is 0 Å². The summed E-state index contributed by atoms with van der Waals surface area (Å²) in [6.45, 7) is 6.23. The van der Waals surface area contributed by atoms with Crippen LogP contribution in [0.25, 0.3) is 0 Å². The molecule has 1 aromatic rings. The first-order valence-corrected chi connectivity index (χ1v) is 9.16. The van der Waals surface area contributed by atoms with Gasteiger partial charge in [0.15, 0.2) is 0 Å². The van der Waals surface area contributed by atoms with E-state index in [0.29, 0.717) is 26.1 Å². The van der Waals surface area contributed by atoms with Gasteiger partial charge in [0.1, 0.15) is 0 Å². The number of nitrogens with one attached hydrogen (secondary N) is 2. The second kappa shape index (κ2) is 10.2. The van der Waals surface area contributed by atoms with E-state index in [1.807, 2.05) is 36.2 Å². The van der Waals surface area contributed by atoms with Gasteiger partial charge in [-0.3, -0.25) is 14.5 Å². The summed E-state index contributed by atoms with van der Waals surface area (Å²) in [6.07, 6.45) is 2.36. The Labute approximate surface area is 150 Å². The Bertz CT molecular complexity index is 568. The van der Waals surface area contributed by atoms with Crippen molar-refractivity contribution in [2.24, 2.45) is 0 Å². The predicted octanol–water partition coefficient (Wildman–Crippen LogP) is 1.33. The Balaban J connectivity index is 1.74. The molecule has 0 unspecified atom stereocenters. The van der Waals surface area contributed by atoms with E-state index in [0.717, 1.165) is 43.7 Å². The highest BCUT2D eigenvalue weighted by Gasteiger charge is 2.22. The number of para-hydroxylation sites is 1. The molecule has 0 aliphatic carbocycles. The molecular formula is C19H30N4O2. The van der Waals surface area contributed by atoms with Gasteiger partial charge in [-0.05, 0) is 38.1 Å². The van der Waals surface area contributed by atoms with Gasteiger partial charge in [-0.25, -0.2) is 0 Å². The average molecular weight is 346 g/mol. The molecule has 0 aromatic heterocycles. The van der Waals surface area contributed by atoms with Gasteiger partial charge in [0.2, 0.25) is 11.8 Å². The minimum Gasteiger partial charge on any atom is -0.340 e. The van der Waals surface area contributed by atoms with Crippen LogP contribution in [0.3, 0.4) is 0 Å². The highest BCUT2D eigenvalue weighted by atomic mass is 16.2. The van der Waals surface area contributed by atoms with Crippen LogP contribution in [0.1, 0.15) is 25.3 Å². The van der Waals surface area contributed by atoms with Crippen LogP contribution in [0.15, 0.2) is 24.3 Å². The topological polar surface area (TPSA) is 64.7 Å². The smallest absolute Gasteiger partial charge is 0.238 e. The zero-order chi connectivity index (χ0) is 18.1. The summed E-state index contributed by atoms with van der Waals surface area (Å²) in [5, 5.41) is 6.07. The Morgan fingerprint density at radius 2 is 1.84 bits per heavy atom. The molecule has 0 radical (unpaired) electrons. The SMILES string of the molecule is CCc1ccccc1NC(=O)CN1CCN(C(=O)CCCNC)CC1. The van der Waals surface area contributed by atoms with Crippen molar-refractivity contribution >= 4 is 17.5 Å². The number of piperazine rings is 1. The normalized spacial score (nSPS) is 15.2. The van der Waals surface area contributed by atoms with E-state index in [1.54, 1.807) is 0 Å². The lowest BCUT2D eigenvalue weighted by Crippen LogP contribution is -2.50. The van der Waals surface area contributed by atoms with Gasteiger partial charge < -0.3 is 15.5 Å². The number of nitrogens with zero attached hydrogens (tertiary/aromatic N) is 2. The first kappa shape index (κ1) is 19.4. The first-order valence-electron chi connectivity index (χ1n) is 9.16. The van der Waals surface area contributed by atoms with E-state index in [2.05, 4.69) is 22.5 Å². The van der Waals surface area contributed by atoms with Crippen molar-refractivity contribution < 1.29 is 9.59 Å². The van der Waals surface area contributed by atoms with Crippen molar-refractivity contribution in [3.05, 3.63) is 29.8 Å². The van der Waals surface area contributed by atoms with E-state index in [1.165, 1.54) is 0 Å². The van der Waals surface area contributed by atoms with Crippen LogP contribution in [0.4, 0.5) is 5.69 Å². The van der Waals surface area contributed by atoms with Crippen LogP contribution < -0.4 is 10.6 Å². The molecule has 6 heteroatoms. The monoisotopic (exact) mass is 346 g/mol. The van der Waals surface area contributed by atoms with E-state index in [9.17, 15) is 9.59 Å². The Morgan fingerprint density at radius 1 is 1.12 bits per heavy atom. The number of rotatable bonds is 8. The molecule has 2 N–H and O–H groups in total. The predicted molar refractivity (Wildman–Crippen MR) is 101 cm³/mol. The number of anilines is 1. The molecule has 1 aromatic carbocycles. The molecule has 1 saturated heterocycles.